The van der Waals surface area contributed by atoms with Crippen molar-refractivity contribution in [1.29, 1.82) is 0 Å². The van der Waals surface area contributed by atoms with Crippen molar-refractivity contribution >= 4 is 27.5 Å². The topological polar surface area (TPSA) is 110 Å². The number of hydrogen-bond donors (Lipinski definition) is 3. The van der Waals surface area contributed by atoms with Crippen LogP contribution in [-0.4, -0.2) is 53.4 Å². The number of carbonyl (C=O) groups excluding carboxylic acids is 1. The van der Waals surface area contributed by atoms with E-state index in [0.717, 1.165) is 0 Å². The molecule has 0 unspecified atom stereocenters. The first kappa shape index (κ1) is 22.4. The van der Waals surface area contributed by atoms with Crippen molar-refractivity contribution < 1.29 is 27.4 Å². The fourth-order valence-corrected chi connectivity index (χ4v) is 6.04. The molecular weight excluding hydrogens is 442 g/mol. The van der Waals surface area contributed by atoms with Crippen LogP contribution in [0.15, 0.2) is 36.5 Å². The zero-order valence-electron chi connectivity index (χ0n) is 17.7. The number of nitrogens with zero attached hydrogens (tertiary/aromatic N) is 3. The van der Waals surface area contributed by atoms with E-state index in [4.69, 9.17) is 0 Å². The summed E-state index contributed by atoms with van der Waals surface area (Å²) in [5.41, 5.74) is 1.31. The second-order valence-corrected chi connectivity index (χ2v) is 10.7. The van der Waals surface area contributed by atoms with Crippen molar-refractivity contribution in [2.45, 2.75) is 38.8 Å². The van der Waals surface area contributed by atoms with E-state index in [0.29, 0.717) is 28.0 Å². The highest BCUT2D eigenvalue weighted by molar-refractivity contribution is 8.25. The number of halogens is 2. The van der Waals surface area contributed by atoms with Crippen LogP contribution in [0.3, 0.4) is 0 Å². The maximum absolute atomic E-state index is 12.8. The van der Waals surface area contributed by atoms with Gasteiger partial charge in [0.05, 0.1) is 34.0 Å². The Morgan fingerprint density at radius 3 is 2.62 bits per heavy atom. The van der Waals surface area contributed by atoms with Crippen LogP contribution in [0.25, 0.3) is 16.7 Å². The third kappa shape index (κ3) is 4.41. The number of alkyl halides is 2. The zero-order valence-corrected chi connectivity index (χ0v) is 18.6. The Morgan fingerprint density at radius 1 is 1.28 bits per heavy atom. The van der Waals surface area contributed by atoms with Gasteiger partial charge in [-0.2, -0.15) is 24.5 Å². The molecule has 0 aliphatic carbocycles. The first-order chi connectivity index (χ1) is 15.0. The van der Waals surface area contributed by atoms with Crippen molar-refractivity contribution in [2.24, 2.45) is 0 Å². The van der Waals surface area contributed by atoms with Gasteiger partial charge in [-0.15, -0.1) is 0 Å². The molecule has 1 aliphatic heterocycles. The Hall–Kier alpha value is -2.76. The minimum atomic E-state index is -2.94. The molecule has 32 heavy (non-hydrogen) atoms. The number of rotatable bonds is 6. The summed E-state index contributed by atoms with van der Waals surface area (Å²) in [6.45, 7) is 2.73. The van der Waals surface area contributed by atoms with E-state index in [2.05, 4.69) is 20.1 Å². The van der Waals surface area contributed by atoms with Gasteiger partial charge in [0.15, 0.2) is 5.65 Å². The maximum Gasteiger partial charge on any atom is 0.387 e. The lowest BCUT2D eigenvalue weighted by atomic mass is 10.0. The Labute approximate surface area is 184 Å². The van der Waals surface area contributed by atoms with Crippen LogP contribution in [0.5, 0.6) is 5.75 Å². The fraction of sp³-hybridized carbons (Fsp3) is 0.381. The van der Waals surface area contributed by atoms with Crippen LogP contribution in [0.1, 0.15) is 42.7 Å². The summed E-state index contributed by atoms with van der Waals surface area (Å²) in [5, 5.41) is 8.13. The van der Waals surface area contributed by atoms with Gasteiger partial charge in [-0.05, 0) is 31.0 Å². The minimum Gasteiger partial charge on any atom is -0.435 e. The summed E-state index contributed by atoms with van der Waals surface area (Å²) in [6, 6.07) is 7.85. The Kier molecular flexibility index (Phi) is 5.60. The van der Waals surface area contributed by atoms with Gasteiger partial charge in [-0.3, -0.25) is 13.9 Å². The lowest BCUT2D eigenvalue weighted by Crippen LogP contribution is -2.61. The number of benzene rings is 1. The Bertz CT molecular complexity index is 1170. The molecule has 1 fully saturated rings. The first-order valence-corrected chi connectivity index (χ1v) is 11.8. The predicted octanol–water partition coefficient (Wildman–Crippen LogP) is 4.40. The first-order valence-electron chi connectivity index (χ1n) is 9.96. The van der Waals surface area contributed by atoms with Crippen LogP contribution in [0, 0.1) is 0 Å². The number of carbonyl (C=O) groups is 1. The molecule has 1 aromatic carbocycles. The van der Waals surface area contributed by atoms with E-state index in [1.165, 1.54) is 23.0 Å². The van der Waals surface area contributed by atoms with E-state index < -0.39 is 22.7 Å². The van der Waals surface area contributed by atoms with Gasteiger partial charge in [0.1, 0.15) is 5.75 Å². The van der Waals surface area contributed by atoms with Crippen molar-refractivity contribution in [3.63, 3.8) is 0 Å². The number of pyridine rings is 1. The van der Waals surface area contributed by atoms with Crippen LogP contribution in [0.2, 0.25) is 0 Å². The lowest BCUT2D eigenvalue weighted by molar-refractivity contribution is -0.0498. The van der Waals surface area contributed by atoms with E-state index in [9.17, 15) is 22.7 Å². The van der Waals surface area contributed by atoms with Crippen molar-refractivity contribution in [3.8, 4) is 11.4 Å². The maximum atomic E-state index is 12.8. The van der Waals surface area contributed by atoms with Crippen LogP contribution in [0.4, 0.5) is 8.78 Å². The highest BCUT2D eigenvalue weighted by Crippen LogP contribution is 2.53. The molecule has 3 N–H and O–H groups in total. The lowest BCUT2D eigenvalue weighted by Gasteiger charge is -2.54. The molecule has 172 valence electrons. The van der Waals surface area contributed by atoms with E-state index in [1.54, 1.807) is 25.1 Å². The van der Waals surface area contributed by atoms with Gasteiger partial charge in [0.2, 0.25) is 0 Å². The summed E-state index contributed by atoms with van der Waals surface area (Å²) >= 11 is 0. The van der Waals surface area contributed by atoms with Gasteiger partial charge >= 0.3 is 6.61 Å². The Morgan fingerprint density at radius 2 is 2.00 bits per heavy atom. The molecule has 0 atom stereocenters. The third-order valence-corrected chi connectivity index (χ3v) is 7.36. The standard InChI is InChI=1S/C21H24F2N4O4S/c1-12(2)17-16-7-13(19(28)25-21(3)10-32(29,30)11-21)9-24-18(16)27(26-17)14-5-4-6-15(8-14)31-20(22)23/h4-9,12,20,29-30H,10-11H2,1-3H3,(H,25,28). The number of hydrogen-bond acceptors (Lipinski definition) is 6. The van der Waals surface area contributed by atoms with E-state index in [1.807, 2.05) is 13.8 Å². The summed E-state index contributed by atoms with van der Waals surface area (Å²) < 4.78 is 50.6. The highest BCUT2D eigenvalue weighted by Gasteiger charge is 2.45. The molecule has 0 bridgehead atoms. The van der Waals surface area contributed by atoms with Crippen LogP contribution < -0.4 is 10.1 Å². The number of ether oxygens (including phenoxy) is 1. The summed E-state index contributed by atoms with van der Waals surface area (Å²) in [4.78, 5) is 17.2. The van der Waals surface area contributed by atoms with Crippen LogP contribution >= 0.6 is 10.6 Å². The van der Waals surface area contributed by atoms with Gasteiger partial charge in [-0.1, -0.05) is 19.9 Å². The number of aromatic nitrogens is 3. The molecule has 1 saturated heterocycles. The average Bonchev–Trinajstić information content (AvgIpc) is 3.05. The molecule has 3 heterocycles. The quantitative estimate of drug-likeness (QED) is 0.497. The van der Waals surface area contributed by atoms with Crippen molar-refractivity contribution in [2.75, 3.05) is 11.5 Å². The smallest absolute Gasteiger partial charge is 0.387 e. The predicted molar refractivity (Wildman–Crippen MR) is 118 cm³/mol. The van der Waals surface area contributed by atoms with E-state index in [-0.39, 0.29) is 29.1 Å². The molecule has 1 aliphatic rings. The molecule has 8 nitrogen and oxygen atoms in total. The van der Waals surface area contributed by atoms with Crippen molar-refractivity contribution in [3.05, 3.63) is 47.8 Å². The van der Waals surface area contributed by atoms with Crippen molar-refractivity contribution in [1.82, 2.24) is 20.1 Å². The van der Waals surface area contributed by atoms with Gasteiger partial charge in [-0.25, -0.2) is 9.67 Å². The molecular formula is C21H24F2N4O4S. The molecule has 2 aromatic heterocycles. The van der Waals surface area contributed by atoms with Gasteiger partial charge < -0.3 is 10.1 Å². The minimum absolute atomic E-state index is 0.00274. The second-order valence-electron chi connectivity index (χ2n) is 8.53. The third-order valence-electron chi connectivity index (χ3n) is 5.16. The normalized spacial score (nSPS) is 17.9. The van der Waals surface area contributed by atoms with Crippen LogP contribution in [-0.2, 0) is 0 Å². The fourth-order valence-electron chi connectivity index (χ4n) is 3.94. The molecule has 0 spiro atoms. The monoisotopic (exact) mass is 466 g/mol. The SMILES string of the molecule is CC(C)c1nn(-c2cccc(OC(F)F)c2)c2ncc(C(=O)NC3(C)CS(O)(O)C3)cc12. The molecule has 0 saturated carbocycles. The Balaban J connectivity index is 1.70. The van der Waals surface area contributed by atoms with Gasteiger partial charge in [0.25, 0.3) is 5.91 Å². The molecule has 4 rings (SSSR count). The molecule has 11 heteroatoms. The highest BCUT2D eigenvalue weighted by atomic mass is 32.3. The largest absolute Gasteiger partial charge is 0.435 e. The number of nitrogens with one attached hydrogen (secondary N) is 1. The van der Waals surface area contributed by atoms with Gasteiger partial charge in [0, 0.05) is 17.6 Å². The summed E-state index contributed by atoms with van der Waals surface area (Å²) in [6.07, 6.45) is 1.42. The molecule has 1 amide bonds. The zero-order chi connectivity index (χ0) is 23.3. The molecule has 3 aromatic rings. The second kappa shape index (κ2) is 7.98. The summed E-state index contributed by atoms with van der Waals surface area (Å²) in [5.74, 6) is -0.118. The average molecular weight is 467 g/mol. The molecule has 0 radical (unpaired) electrons. The number of amides is 1. The van der Waals surface area contributed by atoms with E-state index >= 15 is 0 Å². The summed E-state index contributed by atoms with van der Waals surface area (Å²) in [7, 11) is -2.61. The number of fused-ring (bicyclic) bond motifs is 1.